The number of benzene rings is 1. The minimum absolute atomic E-state index is 0.0225. The molecule has 7 heteroatoms. The number of nitrogens with one attached hydrogen (secondary N) is 1. The van der Waals surface area contributed by atoms with Crippen molar-refractivity contribution in [3.8, 4) is 0 Å². The van der Waals surface area contributed by atoms with Gasteiger partial charge in [-0.25, -0.2) is 8.78 Å². The summed E-state index contributed by atoms with van der Waals surface area (Å²) < 4.78 is 31.3. The van der Waals surface area contributed by atoms with Crippen LogP contribution in [0.5, 0.6) is 0 Å². The van der Waals surface area contributed by atoms with Gasteiger partial charge < -0.3 is 15.6 Å². The fourth-order valence-corrected chi connectivity index (χ4v) is 1.37. The zero-order chi connectivity index (χ0) is 13.1. The molecule has 1 amide bonds. The van der Waals surface area contributed by atoms with E-state index in [4.69, 9.17) is 10.3 Å². The third-order valence-electron chi connectivity index (χ3n) is 2.22. The Morgan fingerprint density at radius 1 is 1.44 bits per heavy atom. The van der Waals surface area contributed by atoms with Gasteiger partial charge in [-0.05, 0) is 12.1 Å². The molecule has 0 aliphatic rings. The third-order valence-corrected chi connectivity index (χ3v) is 2.22. The number of carbonyl (C=O) groups is 1. The minimum atomic E-state index is -0.952. The Hall–Kier alpha value is -2.44. The first-order valence-corrected chi connectivity index (χ1v) is 5.00. The monoisotopic (exact) mass is 253 g/mol. The highest BCUT2D eigenvalue weighted by Gasteiger charge is 2.16. The van der Waals surface area contributed by atoms with Crippen molar-refractivity contribution in [2.24, 2.45) is 0 Å². The maximum absolute atomic E-state index is 13.5. The van der Waals surface area contributed by atoms with Gasteiger partial charge in [0.05, 0.1) is 24.0 Å². The van der Waals surface area contributed by atoms with Crippen LogP contribution in [-0.4, -0.2) is 11.1 Å². The molecule has 0 atom stereocenters. The molecule has 0 aliphatic carbocycles. The Morgan fingerprint density at radius 2 is 2.22 bits per heavy atom. The van der Waals surface area contributed by atoms with Crippen molar-refractivity contribution in [3.63, 3.8) is 0 Å². The van der Waals surface area contributed by atoms with Gasteiger partial charge in [0.2, 0.25) is 0 Å². The molecule has 0 unspecified atom stereocenters. The molecule has 0 aliphatic heterocycles. The third kappa shape index (κ3) is 2.45. The summed E-state index contributed by atoms with van der Waals surface area (Å²) in [6, 6.07) is 3.13. The second-order valence-electron chi connectivity index (χ2n) is 3.52. The average Bonchev–Trinajstić information content (AvgIpc) is 2.83. The van der Waals surface area contributed by atoms with Crippen LogP contribution in [0.2, 0.25) is 0 Å². The van der Waals surface area contributed by atoms with Crippen LogP contribution in [0.4, 0.5) is 14.5 Å². The van der Waals surface area contributed by atoms with Gasteiger partial charge in [-0.15, -0.1) is 0 Å². The molecule has 0 spiro atoms. The molecule has 0 radical (unpaired) electrons. The Morgan fingerprint density at radius 3 is 2.89 bits per heavy atom. The highest BCUT2D eigenvalue weighted by molar-refractivity contribution is 5.95. The normalized spacial score (nSPS) is 10.3. The van der Waals surface area contributed by atoms with E-state index in [1.54, 1.807) is 0 Å². The van der Waals surface area contributed by atoms with E-state index in [9.17, 15) is 13.6 Å². The summed E-state index contributed by atoms with van der Waals surface area (Å²) in [6.07, 6.45) is 1.41. The molecule has 0 bridgehead atoms. The number of rotatable bonds is 3. The van der Waals surface area contributed by atoms with Crippen LogP contribution >= 0.6 is 0 Å². The van der Waals surface area contributed by atoms with E-state index in [1.807, 2.05) is 0 Å². The highest BCUT2D eigenvalue weighted by Crippen LogP contribution is 2.17. The number of carbonyl (C=O) groups excluding carboxylic acids is 1. The van der Waals surface area contributed by atoms with E-state index in [-0.39, 0.29) is 6.54 Å². The van der Waals surface area contributed by atoms with E-state index < -0.39 is 28.8 Å². The van der Waals surface area contributed by atoms with Crippen LogP contribution < -0.4 is 11.1 Å². The lowest BCUT2D eigenvalue weighted by atomic mass is 10.1. The van der Waals surface area contributed by atoms with Gasteiger partial charge in [0.25, 0.3) is 5.91 Å². The number of nitrogens with two attached hydrogens (primary N) is 1. The Labute approximate surface area is 101 Å². The Balaban J connectivity index is 2.14. The van der Waals surface area contributed by atoms with Crippen LogP contribution in [0.25, 0.3) is 0 Å². The van der Waals surface area contributed by atoms with Crippen LogP contribution in [0.1, 0.15) is 16.1 Å². The lowest BCUT2D eigenvalue weighted by Crippen LogP contribution is -2.24. The molecule has 5 nitrogen and oxygen atoms in total. The highest BCUT2D eigenvalue weighted by atomic mass is 19.1. The van der Waals surface area contributed by atoms with Crippen LogP contribution in [-0.2, 0) is 6.54 Å². The molecule has 0 fully saturated rings. The SMILES string of the molecule is Nc1cc(F)cc(C(=O)NCc2ccno2)c1F. The van der Waals surface area contributed by atoms with Crippen molar-refractivity contribution in [2.45, 2.75) is 6.54 Å². The van der Waals surface area contributed by atoms with E-state index in [0.717, 1.165) is 12.1 Å². The predicted octanol–water partition coefficient (Wildman–Crippen LogP) is 1.47. The zero-order valence-corrected chi connectivity index (χ0v) is 9.11. The number of hydrogen-bond donors (Lipinski definition) is 2. The minimum Gasteiger partial charge on any atom is -0.396 e. The lowest BCUT2D eigenvalue weighted by Gasteiger charge is -2.06. The number of halogens is 2. The van der Waals surface area contributed by atoms with Gasteiger partial charge in [0.15, 0.2) is 11.6 Å². The molecule has 2 rings (SSSR count). The summed E-state index contributed by atoms with van der Waals surface area (Å²) in [6.45, 7) is 0.0225. The fraction of sp³-hybridized carbons (Fsp3) is 0.0909. The molecule has 2 aromatic rings. The second-order valence-corrected chi connectivity index (χ2v) is 3.52. The molecule has 1 aromatic carbocycles. The fourth-order valence-electron chi connectivity index (χ4n) is 1.37. The predicted molar refractivity (Wildman–Crippen MR) is 58.4 cm³/mol. The molecule has 94 valence electrons. The van der Waals surface area contributed by atoms with Crippen molar-refractivity contribution in [2.75, 3.05) is 5.73 Å². The van der Waals surface area contributed by atoms with E-state index in [0.29, 0.717) is 5.76 Å². The van der Waals surface area contributed by atoms with Gasteiger partial charge in [-0.2, -0.15) is 0 Å². The summed E-state index contributed by atoms with van der Waals surface area (Å²) in [5.74, 6) is -2.12. The summed E-state index contributed by atoms with van der Waals surface area (Å²) in [5, 5.41) is 5.80. The lowest BCUT2D eigenvalue weighted by molar-refractivity contribution is 0.0942. The van der Waals surface area contributed by atoms with Gasteiger partial charge in [0.1, 0.15) is 5.82 Å². The summed E-state index contributed by atoms with van der Waals surface area (Å²) in [5.41, 5.74) is 4.36. The summed E-state index contributed by atoms with van der Waals surface area (Å²) in [4.78, 5) is 11.6. The second kappa shape index (κ2) is 4.82. The van der Waals surface area contributed by atoms with Gasteiger partial charge >= 0.3 is 0 Å². The quantitative estimate of drug-likeness (QED) is 0.811. The van der Waals surface area contributed by atoms with Crippen molar-refractivity contribution in [1.82, 2.24) is 10.5 Å². The first-order chi connectivity index (χ1) is 8.58. The van der Waals surface area contributed by atoms with E-state index >= 15 is 0 Å². The summed E-state index contributed by atoms with van der Waals surface area (Å²) in [7, 11) is 0. The molecular weight excluding hydrogens is 244 g/mol. The average molecular weight is 253 g/mol. The van der Waals surface area contributed by atoms with Gasteiger partial charge in [-0.1, -0.05) is 5.16 Å². The molecule has 3 N–H and O–H groups in total. The molecular formula is C11H9F2N3O2. The number of anilines is 1. The van der Waals surface area contributed by atoms with Gasteiger partial charge in [0, 0.05) is 6.07 Å². The first-order valence-electron chi connectivity index (χ1n) is 5.00. The van der Waals surface area contributed by atoms with Crippen molar-refractivity contribution < 1.29 is 18.1 Å². The standard InChI is InChI=1S/C11H9F2N3O2/c12-6-3-8(10(13)9(14)4-6)11(17)15-5-7-1-2-16-18-7/h1-4H,5,14H2,(H,15,17). The Kier molecular flexibility index (Phi) is 3.22. The maximum Gasteiger partial charge on any atom is 0.254 e. The molecule has 1 heterocycles. The largest absolute Gasteiger partial charge is 0.396 e. The first kappa shape index (κ1) is 12.0. The number of nitrogens with zero attached hydrogens (tertiary/aromatic N) is 1. The molecule has 18 heavy (non-hydrogen) atoms. The zero-order valence-electron chi connectivity index (χ0n) is 9.11. The molecule has 1 aromatic heterocycles. The smallest absolute Gasteiger partial charge is 0.254 e. The van der Waals surface area contributed by atoms with Crippen molar-refractivity contribution in [1.29, 1.82) is 0 Å². The Bertz CT molecular complexity index is 570. The van der Waals surface area contributed by atoms with E-state index in [1.165, 1.54) is 12.3 Å². The molecule has 0 saturated heterocycles. The number of nitrogen functional groups attached to an aromatic ring is 1. The topological polar surface area (TPSA) is 81.2 Å². The number of aromatic nitrogens is 1. The number of amides is 1. The van der Waals surface area contributed by atoms with Gasteiger partial charge in [-0.3, -0.25) is 4.79 Å². The van der Waals surface area contributed by atoms with Crippen molar-refractivity contribution in [3.05, 3.63) is 47.4 Å². The maximum atomic E-state index is 13.5. The number of hydrogen-bond acceptors (Lipinski definition) is 4. The summed E-state index contributed by atoms with van der Waals surface area (Å²) >= 11 is 0. The van der Waals surface area contributed by atoms with Crippen LogP contribution in [0, 0.1) is 11.6 Å². The van der Waals surface area contributed by atoms with Crippen LogP contribution in [0.15, 0.2) is 28.9 Å². The van der Waals surface area contributed by atoms with Crippen molar-refractivity contribution >= 4 is 11.6 Å². The molecule has 0 saturated carbocycles. The van der Waals surface area contributed by atoms with E-state index in [2.05, 4.69) is 10.5 Å². The van der Waals surface area contributed by atoms with Crippen LogP contribution in [0.3, 0.4) is 0 Å².